The van der Waals surface area contributed by atoms with Gasteiger partial charge in [-0.25, -0.2) is 4.99 Å². The molecular formula is C13H25IN4OS. The van der Waals surface area contributed by atoms with Crippen molar-refractivity contribution in [3.8, 4) is 0 Å². The Morgan fingerprint density at radius 3 is 2.75 bits per heavy atom. The minimum absolute atomic E-state index is 0. The molecular weight excluding hydrogens is 387 g/mol. The molecule has 0 amide bonds. The number of aliphatic imine (C=N–C) groups is 1. The molecule has 116 valence electrons. The van der Waals surface area contributed by atoms with E-state index in [9.17, 15) is 0 Å². The van der Waals surface area contributed by atoms with Crippen LogP contribution < -0.4 is 10.6 Å². The van der Waals surface area contributed by atoms with Crippen molar-refractivity contribution in [2.24, 2.45) is 4.99 Å². The highest BCUT2D eigenvalue weighted by atomic mass is 127. The lowest BCUT2D eigenvalue weighted by atomic mass is 10.1. The van der Waals surface area contributed by atoms with Crippen LogP contribution in [-0.2, 0) is 6.54 Å². The summed E-state index contributed by atoms with van der Waals surface area (Å²) in [5, 5.41) is 10.5. The maximum atomic E-state index is 5.26. The molecule has 1 aromatic rings. The van der Waals surface area contributed by atoms with Gasteiger partial charge in [-0.15, -0.1) is 24.0 Å². The Bertz CT molecular complexity index is 395. The number of guanidine groups is 1. The van der Waals surface area contributed by atoms with Gasteiger partial charge >= 0.3 is 0 Å². The van der Waals surface area contributed by atoms with Gasteiger partial charge < -0.3 is 15.2 Å². The van der Waals surface area contributed by atoms with E-state index >= 15 is 0 Å². The van der Waals surface area contributed by atoms with Gasteiger partial charge in [0.1, 0.15) is 6.54 Å². The zero-order valence-electron chi connectivity index (χ0n) is 12.6. The first-order valence-corrected chi connectivity index (χ1v) is 8.03. The number of hydrogen-bond acceptors (Lipinski definition) is 4. The Hall–Kier alpha value is -0.440. The first kappa shape index (κ1) is 19.6. The summed E-state index contributed by atoms with van der Waals surface area (Å²) in [6, 6.07) is 1.97. The monoisotopic (exact) mass is 412 g/mol. The molecule has 0 bridgehead atoms. The Balaban J connectivity index is 0.00000361. The quantitative estimate of drug-likeness (QED) is 0.312. The molecule has 20 heavy (non-hydrogen) atoms. The molecule has 1 heterocycles. The fourth-order valence-electron chi connectivity index (χ4n) is 1.45. The maximum absolute atomic E-state index is 5.26. The first-order chi connectivity index (χ1) is 9.17. The van der Waals surface area contributed by atoms with Crippen molar-refractivity contribution in [3.05, 3.63) is 17.5 Å². The number of nitrogens with one attached hydrogen (secondary N) is 2. The summed E-state index contributed by atoms with van der Waals surface area (Å²) in [4.78, 5) is 4.48. The van der Waals surface area contributed by atoms with Gasteiger partial charge in [-0.1, -0.05) is 19.0 Å². The predicted octanol–water partition coefficient (Wildman–Crippen LogP) is 2.83. The number of thioether (sulfide) groups is 1. The summed E-state index contributed by atoms with van der Waals surface area (Å²) in [5.41, 5.74) is 0.977. The number of rotatable bonds is 7. The summed E-state index contributed by atoms with van der Waals surface area (Å²) in [6.45, 7) is 8.50. The Kier molecular flexibility index (Phi) is 11.0. The van der Waals surface area contributed by atoms with Crippen molar-refractivity contribution in [2.45, 2.75) is 33.2 Å². The van der Waals surface area contributed by atoms with E-state index in [-0.39, 0.29) is 24.0 Å². The van der Waals surface area contributed by atoms with Gasteiger partial charge in [0.25, 0.3) is 0 Å². The summed E-state index contributed by atoms with van der Waals surface area (Å²) in [5.74, 6) is 3.06. The Morgan fingerprint density at radius 1 is 1.45 bits per heavy atom. The number of hydrogen-bond donors (Lipinski definition) is 2. The molecule has 0 atom stereocenters. The molecule has 0 aliphatic rings. The molecule has 0 aliphatic heterocycles. The van der Waals surface area contributed by atoms with E-state index in [1.807, 2.05) is 17.8 Å². The summed E-state index contributed by atoms with van der Waals surface area (Å²) >= 11 is 1.81. The standard InChI is InChI=1S/C13H24N4OS.HI/c1-5-14-13(15-6-7-19-4)16-9-11-8-12(10(2)3)17-18-11;/h8,10H,5-7,9H2,1-4H3,(H2,14,15,16);1H. The van der Waals surface area contributed by atoms with Crippen LogP contribution in [0.5, 0.6) is 0 Å². The lowest BCUT2D eigenvalue weighted by molar-refractivity contribution is 0.376. The molecule has 0 unspecified atom stereocenters. The fourth-order valence-corrected chi connectivity index (χ4v) is 1.75. The average molecular weight is 412 g/mol. The Labute approximate surface area is 142 Å². The van der Waals surface area contributed by atoms with E-state index in [0.717, 1.165) is 36.3 Å². The topological polar surface area (TPSA) is 62.5 Å². The molecule has 0 aliphatic carbocycles. The zero-order chi connectivity index (χ0) is 14.1. The summed E-state index contributed by atoms with van der Waals surface area (Å²) in [7, 11) is 0. The number of halogens is 1. The highest BCUT2D eigenvalue weighted by molar-refractivity contribution is 14.0. The minimum atomic E-state index is 0. The summed E-state index contributed by atoms with van der Waals surface area (Å²) in [6.07, 6.45) is 2.09. The molecule has 1 aromatic heterocycles. The molecule has 0 aromatic carbocycles. The van der Waals surface area contributed by atoms with Crippen molar-refractivity contribution in [3.63, 3.8) is 0 Å². The smallest absolute Gasteiger partial charge is 0.191 e. The molecule has 5 nitrogen and oxygen atoms in total. The van der Waals surface area contributed by atoms with E-state index in [2.05, 4.69) is 47.8 Å². The Morgan fingerprint density at radius 2 is 2.20 bits per heavy atom. The van der Waals surface area contributed by atoms with Crippen LogP contribution in [0.4, 0.5) is 0 Å². The minimum Gasteiger partial charge on any atom is -0.359 e. The van der Waals surface area contributed by atoms with Crippen molar-refractivity contribution < 1.29 is 4.52 Å². The van der Waals surface area contributed by atoms with Crippen LogP contribution in [0.1, 0.15) is 38.1 Å². The maximum Gasteiger partial charge on any atom is 0.191 e. The van der Waals surface area contributed by atoms with Crippen molar-refractivity contribution in [2.75, 3.05) is 25.1 Å². The van der Waals surface area contributed by atoms with E-state index < -0.39 is 0 Å². The van der Waals surface area contributed by atoms with Crippen molar-refractivity contribution >= 4 is 41.7 Å². The van der Waals surface area contributed by atoms with Gasteiger partial charge in [-0.05, 0) is 19.1 Å². The number of aromatic nitrogens is 1. The van der Waals surface area contributed by atoms with Crippen LogP contribution in [0.3, 0.4) is 0 Å². The SMILES string of the molecule is CCNC(=NCc1cc(C(C)C)no1)NCCSC.I. The molecule has 2 N–H and O–H groups in total. The third-order valence-corrected chi connectivity index (χ3v) is 3.12. The molecule has 7 heteroatoms. The van der Waals surface area contributed by atoms with E-state index in [0.29, 0.717) is 12.5 Å². The highest BCUT2D eigenvalue weighted by Crippen LogP contribution is 2.14. The fraction of sp³-hybridized carbons (Fsp3) is 0.692. The van der Waals surface area contributed by atoms with Gasteiger partial charge in [0.15, 0.2) is 11.7 Å². The van der Waals surface area contributed by atoms with Gasteiger partial charge in [0.2, 0.25) is 0 Å². The first-order valence-electron chi connectivity index (χ1n) is 6.64. The molecule has 0 spiro atoms. The van der Waals surface area contributed by atoms with Crippen LogP contribution in [0.2, 0.25) is 0 Å². The number of nitrogens with zero attached hydrogens (tertiary/aromatic N) is 2. The molecule has 0 fully saturated rings. The third-order valence-electron chi connectivity index (χ3n) is 2.50. The van der Waals surface area contributed by atoms with Gasteiger partial charge in [0.05, 0.1) is 5.69 Å². The predicted molar refractivity (Wildman–Crippen MR) is 97.2 cm³/mol. The summed E-state index contributed by atoms with van der Waals surface area (Å²) < 4.78 is 5.26. The third kappa shape index (κ3) is 7.37. The van der Waals surface area contributed by atoms with Crippen LogP contribution in [-0.4, -0.2) is 36.2 Å². The second-order valence-corrected chi connectivity index (χ2v) is 5.47. The van der Waals surface area contributed by atoms with Gasteiger partial charge in [-0.2, -0.15) is 11.8 Å². The largest absolute Gasteiger partial charge is 0.359 e. The zero-order valence-corrected chi connectivity index (χ0v) is 15.7. The van der Waals surface area contributed by atoms with Crippen LogP contribution in [0.25, 0.3) is 0 Å². The lowest BCUT2D eigenvalue weighted by Crippen LogP contribution is -2.38. The van der Waals surface area contributed by atoms with Crippen molar-refractivity contribution in [1.82, 2.24) is 15.8 Å². The molecule has 0 saturated heterocycles. The second kappa shape index (κ2) is 11.2. The van der Waals surface area contributed by atoms with Gasteiger partial charge in [-0.3, -0.25) is 0 Å². The van der Waals surface area contributed by atoms with E-state index in [4.69, 9.17) is 4.52 Å². The molecule has 1 rings (SSSR count). The molecule has 0 saturated carbocycles. The highest BCUT2D eigenvalue weighted by Gasteiger charge is 2.07. The van der Waals surface area contributed by atoms with E-state index in [1.54, 1.807) is 0 Å². The van der Waals surface area contributed by atoms with E-state index in [1.165, 1.54) is 0 Å². The second-order valence-electron chi connectivity index (χ2n) is 4.49. The van der Waals surface area contributed by atoms with Crippen LogP contribution in [0, 0.1) is 0 Å². The van der Waals surface area contributed by atoms with Gasteiger partial charge in [0, 0.05) is 24.9 Å². The van der Waals surface area contributed by atoms with Crippen LogP contribution >= 0.6 is 35.7 Å². The normalized spacial score (nSPS) is 11.3. The van der Waals surface area contributed by atoms with Crippen molar-refractivity contribution in [1.29, 1.82) is 0 Å². The van der Waals surface area contributed by atoms with Crippen LogP contribution in [0.15, 0.2) is 15.6 Å². The molecule has 0 radical (unpaired) electrons. The lowest BCUT2D eigenvalue weighted by Gasteiger charge is -2.09. The average Bonchev–Trinajstić information content (AvgIpc) is 2.85.